The number of benzene rings is 2. The van der Waals surface area contributed by atoms with Gasteiger partial charge in [-0.3, -0.25) is 0 Å². The Kier molecular flexibility index (Phi) is 6.03. The number of hydroxylamine groups is 2. The van der Waals surface area contributed by atoms with E-state index in [0.29, 0.717) is 6.54 Å². The lowest BCUT2D eigenvalue weighted by molar-refractivity contribution is -0.0634. The Hall–Kier alpha value is -1.58. The summed E-state index contributed by atoms with van der Waals surface area (Å²) in [5, 5.41) is 12.8. The highest BCUT2D eigenvalue weighted by Gasteiger charge is 2.01. The Morgan fingerprint density at radius 1 is 1.05 bits per heavy atom. The van der Waals surface area contributed by atoms with Crippen molar-refractivity contribution in [2.24, 2.45) is 0 Å². The van der Waals surface area contributed by atoms with Crippen LogP contribution in [0.15, 0.2) is 36.4 Å². The summed E-state index contributed by atoms with van der Waals surface area (Å²) in [6, 6.07) is 12.7. The summed E-state index contributed by atoms with van der Waals surface area (Å²) in [5.41, 5.74) is 1.24. The van der Waals surface area contributed by atoms with E-state index in [2.05, 4.69) is 37.3 Å². The molecule has 0 radical (unpaired) electrons. The van der Waals surface area contributed by atoms with Crippen LogP contribution in [-0.2, 0) is 6.42 Å². The Bertz CT molecular complexity index is 566. The first-order chi connectivity index (χ1) is 10.2. The van der Waals surface area contributed by atoms with Crippen molar-refractivity contribution in [3.05, 3.63) is 42.0 Å². The first-order valence-electron chi connectivity index (χ1n) is 7.74. The Labute approximate surface area is 127 Å². The molecular weight excluding hydrogens is 262 g/mol. The summed E-state index contributed by atoms with van der Waals surface area (Å²) in [7, 11) is 1.67. The van der Waals surface area contributed by atoms with Crippen LogP contribution in [0.1, 0.15) is 31.7 Å². The van der Waals surface area contributed by atoms with Gasteiger partial charge in [-0.15, -0.1) is 0 Å². The van der Waals surface area contributed by atoms with Crippen LogP contribution >= 0.6 is 0 Å². The van der Waals surface area contributed by atoms with Crippen LogP contribution < -0.4 is 4.74 Å². The van der Waals surface area contributed by atoms with Crippen LogP contribution in [-0.4, -0.2) is 30.5 Å². The molecule has 3 nitrogen and oxygen atoms in total. The molecule has 0 heterocycles. The van der Waals surface area contributed by atoms with Gasteiger partial charge in [-0.1, -0.05) is 44.0 Å². The lowest BCUT2D eigenvalue weighted by Gasteiger charge is -2.10. The molecule has 0 unspecified atom stereocenters. The predicted molar refractivity (Wildman–Crippen MR) is 87.1 cm³/mol. The van der Waals surface area contributed by atoms with Crippen molar-refractivity contribution in [1.82, 2.24) is 5.06 Å². The third kappa shape index (κ3) is 5.03. The fourth-order valence-electron chi connectivity index (χ4n) is 2.35. The molecule has 0 saturated heterocycles. The van der Waals surface area contributed by atoms with Crippen molar-refractivity contribution in [2.75, 3.05) is 20.2 Å². The maximum Gasteiger partial charge on any atom is 0.119 e. The normalized spacial score (nSPS) is 11.2. The largest absolute Gasteiger partial charge is 0.494 e. The standard InChI is InChI=1S/C18H25NO2/c1-3-4-5-12-21-18-9-8-16-13-15(10-11-19(2)20)6-7-17(16)14-18/h6-9,13-14,20H,3-5,10-12H2,1-2H3. The smallest absolute Gasteiger partial charge is 0.119 e. The molecule has 3 heteroatoms. The van der Waals surface area contributed by atoms with Crippen LogP contribution in [0.4, 0.5) is 0 Å². The molecule has 0 aliphatic heterocycles. The number of unbranched alkanes of at least 4 members (excludes halogenated alkanes) is 2. The molecule has 0 fully saturated rings. The van der Waals surface area contributed by atoms with E-state index >= 15 is 0 Å². The van der Waals surface area contributed by atoms with E-state index in [1.54, 1.807) is 7.05 Å². The number of rotatable bonds is 8. The Morgan fingerprint density at radius 2 is 1.81 bits per heavy atom. The number of hydrogen-bond donors (Lipinski definition) is 1. The SMILES string of the molecule is CCCCCOc1ccc2cc(CCN(C)O)ccc2c1. The molecule has 0 saturated carbocycles. The van der Waals surface area contributed by atoms with Gasteiger partial charge in [0, 0.05) is 13.6 Å². The summed E-state index contributed by atoms with van der Waals surface area (Å²) in [4.78, 5) is 0. The molecule has 0 atom stereocenters. The Balaban J connectivity index is 2.01. The second-order valence-corrected chi connectivity index (χ2v) is 5.53. The third-order valence-corrected chi connectivity index (χ3v) is 3.62. The number of hydrogen-bond acceptors (Lipinski definition) is 3. The quantitative estimate of drug-likeness (QED) is 0.581. The van der Waals surface area contributed by atoms with Crippen molar-refractivity contribution in [3.63, 3.8) is 0 Å². The van der Waals surface area contributed by atoms with E-state index in [9.17, 15) is 5.21 Å². The van der Waals surface area contributed by atoms with Crippen LogP contribution in [0.5, 0.6) is 5.75 Å². The first-order valence-corrected chi connectivity index (χ1v) is 7.74. The molecule has 0 amide bonds. The minimum Gasteiger partial charge on any atom is -0.494 e. The lowest BCUT2D eigenvalue weighted by atomic mass is 10.0. The van der Waals surface area contributed by atoms with E-state index in [-0.39, 0.29) is 0 Å². The van der Waals surface area contributed by atoms with Gasteiger partial charge >= 0.3 is 0 Å². The molecule has 0 aliphatic rings. The summed E-state index contributed by atoms with van der Waals surface area (Å²) < 4.78 is 5.79. The van der Waals surface area contributed by atoms with Crippen LogP contribution in [0.2, 0.25) is 0 Å². The molecule has 0 bridgehead atoms. The molecule has 2 aromatic rings. The van der Waals surface area contributed by atoms with Crippen LogP contribution in [0, 0.1) is 0 Å². The van der Waals surface area contributed by atoms with Gasteiger partial charge < -0.3 is 9.94 Å². The average Bonchev–Trinajstić information content (AvgIpc) is 2.49. The zero-order valence-corrected chi connectivity index (χ0v) is 13.0. The van der Waals surface area contributed by atoms with Crippen LogP contribution in [0.3, 0.4) is 0 Å². The van der Waals surface area contributed by atoms with Gasteiger partial charge in [-0.2, -0.15) is 5.06 Å². The fourth-order valence-corrected chi connectivity index (χ4v) is 2.35. The maximum atomic E-state index is 9.20. The van der Waals surface area contributed by atoms with Gasteiger partial charge in [0.15, 0.2) is 0 Å². The summed E-state index contributed by atoms with van der Waals surface area (Å²) in [6.07, 6.45) is 4.39. The second kappa shape index (κ2) is 8.01. The molecule has 0 aromatic heterocycles. The van der Waals surface area contributed by atoms with Crippen molar-refractivity contribution in [1.29, 1.82) is 0 Å². The summed E-state index contributed by atoms with van der Waals surface area (Å²) in [5.74, 6) is 0.946. The lowest BCUT2D eigenvalue weighted by Crippen LogP contribution is -2.15. The van der Waals surface area contributed by atoms with E-state index in [4.69, 9.17) is 4.74 Å². The number of fused-ring (bicyclic) bond motifs is 1. The van der Waals surface area contributed by atoms with Crippen molar-refractivity contribution in [2.45, 2.75) is 32.6 Å². The van der Waals surface area contributed by atoms with Gasteiger partial charge in [0.25, 0.3) is 0 Å². The highest BCUT2D eigenvalue weighted by atomic mass is 16.5. The second-order valence-electron chi connectivity index (χ2n) is 5.53. The van der Waals surface area contributed by atoms with E-state index in [0.717, 1.165) is 25.2 Å². The van der Waals surface area contributed by atoms with Crippen molar-refractivity contribution in [3.8, 4) is 5.75 Å². The Morgan fingerprint density at radius 3 is 2.57 bits per heavy atom. The van der Waals surface area contributed by atoms with E-state index in [1.165, 1.54) is 34.2 Å². The van der Waals surface area contributed by atoms with E-state index in [1.807, 2.05) is 6.07 Å². The molecule has 0 aliphatic carbocycles. The van der Waals surface area contributed by atoms with Gasteiger partial charge in [0.1, 0.15) is 5.75 Å². The average molecular weight is 287 g/mol. The minimum absolute atomic E-state index is 0.643. The predicted octanol–water partition coefficient (Wildman–Crippen LogP) is 4.27. The van der Waals surface area contributed by atoms with Crippen molar-refractivity contribution >= 4 is 10.8 Å². The molecular formula is C18H25NO2. The zero-order chi connectivity index (χ0) is 15.1. The number of likely N-dealkylation sites (N-methyl/N-ethyl adjacent to an activating group) is 1. The van der Waals surface area contributed by atoms with Crippen LogP contribution in [0.25, 0.3) is 10.8 Å². The maximum absolute atomic E-state index is 9.20. The van der Waals surface area contributed by atoms with Gasteiger partial charge in [0.2, 0.25) is 0 Å². The topological polar surface area (TPSA) is 32.7 Å². The summed E-state index contributed by atoms with van der Waals surface area (Å²) in [6.45, 7) is 3.63. The molecule has 0 spiro atoms. The number of nitrogens with zero attached hydrogens (tertiary/aromatic N) is 1. The van der Waals surface area contributed by atoms with E-state index < -0.39 is 0 Å². The van der Waals surface area contributed by atoms with Crippen molar-refractivity contribution < 1.29 is 9.94 Å². The molecule has 1 N–H and O–H groups in total. The van der Waals surface area contributed by atoms with Gasteiger partial charge in [0.05, 0.1) is 6.61 Å². The van der Waals surface area contributed by atoms with Gasteiger partial charge in [-0.05, 0) is 41.3 Å². The highest BCUT2D eigenvalue weighted by Crippen LogP contribution is 2.22. The fraction of sp³-hybridized carbons (Fsp3) is 0.444. The number of ether oxygens (including phenoxy) is 1. The molecule has 2 aromatic carbocycles. The first kappa shape index (κ1) is 15.8. The zero-order valence-electron chi connectivity index (χ0n) is 13.0. The highest BCUT2D eigenvalue weighted by molar-refractivity contribution is 5.84. The molecule has 21 heavy (non-hydrogen) atoms. The monoisotopic (exact) mass is 287 g/mol. The van der Waals surface area contributed by atoms with Gasteiger partial charge in [-0.25, -0.2) is 0 Å². The minimum atomic E-state index is 0.643. The third-order valence-electron chi connectivity index (χ3n) is 3.62. The molecule has 2 rings (SSSR count). The molecule has 114 valence electrons. The summed E-state index contributed by atoms with van der Waals surface area (Å²) >= 11 is 0.